The Morgan fingerprint density at radius 3 is 2.90 bits per heavy atom. The van der Waals surface area contributed by atoms with Crippen LogP contribution in [0, 0.1) is 22.7 Å². The topological polar surface area (TPSA) is 73.2 Å². The average Bonchev–Trinajstić information content (AvgIpc) is 3.08. The molecule has 5 heteroatoms. The van der Waals surface area contributed by atoms with E-state index in [-0.39, 0.29) is 6.04 Å². The van der Waals surface area contributed by atoms with Crippen LogP contribution in [0.2, 0.25) is 0 Å². The van der Waals surface area contributed by atoms with Crippen LogP contribution in [0.25, 0.3) is 11.0 Å². The van der Waals surface area contributed by atoms with E-state index in [1.165, 1.54) is 0 Å². The van der Waals surface area contributed by atoms with Crippen LogP contribution in [0.15, 0.2) is 34.7 Å². The van der Waals surface area contributed by atoms with Crippen molar-refractivity contribution in [2.24, 2.45) is 0 Å². The van der Waals surface area contributed by atoms with Crippen molar-refractivity contribution in [2.75, 3.05) is 6.54 Å². The van der Waals surface area contributed by atoms with Crippen LogP contribution in [0.5, 0.6) is 0 Å². The molecule has 1 saturated heterocycles. The van der Waals surface area contributed by atoms with E-state index in [1.807, 2.05) is 30.3 Å². The summed E-state index contributed by atoms with van der Waals surface area (Å²) >= 11 is 0. The fraction of sp³-hybridized carbons (Fsp3) is 0.333. The van der Waals surface area contributed by atoms with Gasteiger partial charge in [0.15, 0.2) is 6.10 Å². The van der Waals surface area contributed by atoms with Gasteiger partial charge in [0.1, 0.15) is 11.3 Å². The van der Waals surface area contributed by atoms with Crippen molar-refractivity contribution in [3.8, 4) is 12.1 Å². The van der Waals surface area contributed by atoms with E-state index < -0.39 is 6.10 Å². The van der Waals surface area contributed by atoms with Crippen LogP contribution in [0.4, 0.5) is 0 Å². The zero-order chi connectivity index (χ0) is 13.9. The van der Waals surface area contributed by atoms with Gasteiger partial charge in [0, 0.05) is 18.4 Å². The molecule has 100 valence electrons. The average molecular weight is 267 g/mol. The van der Waals surface area contributed by atoms with Crippen LogP contribution < -0.4 is 0 Å². The zero-order valence-electron chi connectivity index (χ0n) is 10.8. The molecular weight excluding hydrogens is 254 g/mol. The summed E-state index contributed by atoms with van der Waals surface area (Å²) in [4.78, 5) is 5.54. The lowest BCUT2D eigenvalue weighted by molar-refractivity contribution is -0.151. The first-order chi connectivity index (χ1) is 9.81. The minimum absolute atomic E-state index is 0.111. The number of nitriles is 2. The van der Waals surface area contributed by atoms with Crippen LogP contribution in [-0.4, -0.2) is 17.7 Å². The molecule has 0 unspecified atom stereocenters. The normalized spacial score (nSPS) is 22.7. The van der Waals surface area contributed by atoms with Gasteiger partial charge in [-0.1, -0.05) is 18.2 Å². The maximum absolute atomic E-state index is 9.02. The maximum Gasteiger partial charge on any atom is 0.167 e. The molecule has 1 aliphatic rings. The highest BCUT2D eigenvalue weighted by Gasteiger charge is 2.36. The lowest BCUT2D eigenvalue weighted by atomic mass is 10.1. The fourth-order valence-electron chi connectivity index (χ4n) is 2.47. The molecule has 2 atom stereocenters. The summed E-state index contributed by atoms with van der Waals surface area (Å²) in [6.45, 7) is 0.469. The molecule has 0 bridgehead atoms. The van der Waals surface area contributed by atoms with Gasteiger partial charge in [-0.2, -0.15) is 15.6 Å². The summed E-state index contributed by atoms with van der Waals surface area (Å²) < 4.78 is 5.84. The summed E-state index contributed by atoms with van der Waals surface area (Å²) in [5.41, 5.74) is 0.822. The van der Waals surface area contributed by atoms with Crippen molar-refractivity contribution in [1.82, 2.24) is 5.06 Å². The molecule has 1 fully saturated rings. The minimum atomic E-state index is -0.480. The van der Waals surface area contributed by atoms with E-state index in [4.69, 9.17) is 19.8 Å². The van der Waals surface area contributed by atoms with Gasteiger partial charge in [-0.05, 0) is 12.1 Å². The van der Waals surface area contributed by atoms with Crippen molar-refractivity contribution in [2.45, 2.75) is 25.0 Å². The summed E-state index contributed by atoms with van der Waals surface area (Å²) in [7, 11) is 0. The maximum atomic E-state index is 9.02. The lowest BCUT2D eigenvalue weighted by Crippen LogP contribution is -2.23. The number of hydrogen-bond acceptors (Lipinski definition) is 5. The number of fused-ring (bicyclic) bond motifs is 1. The fourth-order valence-corrected chi connectivity index (χ4v) is 2.47. The van der Waals surface area contributed by atoms with E-state index in [0.717, 1.165) is 16.7 Å². The second-order valence-electron chi connectivity index (χ2n) is 4.71. The highest BCUT2D eigenvalue weighted by atomic mass is 16.7. The highest BCUT2D eigenvalue weighted by molar-refractivity contribution is 5.77. The van der Waals surface area contributed by atoms with Crippen LogP contribution in [0.1, 0.15) is 24.6 Å². The molecule has 0 radical (unpaired) electrons. The number of nitrogens with zero attached hydrogens (tertiary/aromatic N) is 3. The quantitative estimate of drug-likeness (QED) is 0.854. The monoisotopic (exact) mass is 267 g/mol. The van der Waals surface area contributed by atoms with Crippen molar-refractivity contribution >= 4 is 11.0 Å². The van der Waals surface area contributed by atoms with Gasteiger partial charge in [-0.15, -0.1) is 0 Å². The van der Waals surface area contributed by atoms with Crippen LogP contribution >= 0.6 is 0 Å². The Kier molecular flexibility index (Phi) is 3.39. The van der Waals surface area contributed by atoms with E-state index in [9.17, 15) is 0 Å². The van der Waals surface area contributed by atoms with Gasteiger partial charge in [0.25, 0.3) is 0 Å². The number of rotatable bonds is 3. The molecule has 20 heavy (non-hydrogen) atoms. The largest absolute Gasteiger partial charge is 0.459 e. The Morgan fingerprint density at radius 1 is 1.30 bits per heavy atom. The first-order valence-corrected chi connectivity index (χ1v) is 6.50. The summed E-state index contributed by atoms with van der Waals surface area (Å²) in [6, 6.07) is 13.8. The minimum Gasteiger partial charge on any atom is -0.459 e. The highest BCUT2D eigenvalue weighted by Crippen LogP contribution is 2.36. The molecule has 1 aromatic heterocycles. The molecule has 0 saturated carbocycles. The number of hydroxylamine groups is 2. The lowest BCUT2D eigenvalue weighted by Gasteiger charge is -2.19. The molecule has 5 nitrogen and oxygen atoms in total. The third kappa shape index (κ3) is 2.25. The number of furan rings is 1. The van der Waals surface area contributed by atoms with Gasteiger partial charge >= 0.3 is 0 Å². The van der Waals surface area contributed by atoms with Crippen molar-refractivity contribution in [3.63, 3.8) is 0 Å². The number of para-hydroxylation sites is 1. The molecule has 2 aromatic rings. The predicted molar refractivity (Wildman–Crippen MR) is 71.0 cm³/mol. The summed E-state index contributed by atoms with van der Waals surface area (Å²) in [6.07, 6.45) is 0.434. The molecule has 0 spiro atoms. The van der Waals surface area contributed by atoms with Gasteiger partial charge in [-0.3, -0.25) is 4.84 Å². The third-order valence-corrected chi connectivity index (χ3v) is 3.41. The van der Waals surface area contributed by atoms with Gasteiger partial charge in [-0.25, -0.2) is 0 Å². The summed E-state index contributed by atoms with van der Waals surface area (Å²) in [5.74, 6) is 0.780. The van der Waals surface area contributed by atoms with Crippen molar-refractivity contribution in [1.29, 1.82) is 10.5 Å². The molecule has 3 rings (SSSR count). The first kappa shape index (κ1) is 12.7. The SMILES string of the molecule is N#CCCN1O[C@@H](C#N)C[C@@H]1c1cc2ccccc2o1. The second-order valence-corrected chi connectivity index (χ2v) is 4.71. The Hall–Kier alpha value is -2.34. The number of hydrogen-bond donors (Lipinski definition) is 0. The Morgan fingerprint density at radius 2 is 2.15 bits per heavy atom. The molecule has 0 amide bonds. The van der Waals surface area contributed by atoms with E-state index in [2.05, 4.69) is 12.1 Å². The number of benzene rings is 1. The van der Waals surface area contributed by atoms with Crippen molar-refractivity contribution in [3.05, 3.63) is 36.1 Å². The van der Waals surface area contributed by atoms with E-state index in [0.29, 0.717) is 19.4 Å². The van der Waals surface area contributed by atoms with Gasteiger partial charge in [0.2, 0.25) is 0 Å². The van der Waals surface area contributed by atoms with Crippen LogP contribution in [0.3, 0.4) is 0 Å². The molecule has 1 aliphatic heterocycles. The molecular formula is C15H13N3O2. The van der Waals surface area contributed by atoms with E-state index >= 15 is 0 Å². The van der Waals surface area contributed by atoms with Gasteiger partial charge in [0.05, 0.1) is 24.6 Å². The molecule has 0 aliphatic carbocycles. The summed E-state index contributed by atoms with van der Waals surface area (Å²) in [5, 5.41) is 20.4. The van der Waals surface area contributed by atoms with Crippen molar-refractivity contribution < 1.29 is 9.25 Å². The van der Waals surface area contributed by atoms with Gasteiger partial charge < -0.3 is 4.42 Å². The Balaban J connectivity index is 1.89. The zero-order valence-corrected chi connectivity index (χ0v) is 10.8. The Bertz CT molecular complexity index is 662. The standard InChI is InChI=1S/C15H13N3O2/c16-6-3-7-18-13(9-12(10-17)20-18)15-8-11-4-1-2-5-14(11)19-15/h1-2,4-5,8,12-13H,3,7,9H2/t12-,13-/m1/s1. The molecule has 2 heterocycles. The Labute approximate surface area is 116 Å². The van der Waals surface area contributed by atoms with Crippen LogP contribution in [-0.2, 0) is 4.84 Å². The van der Waals surface area contributed by atoms with E-state index in [1.54, 1.807) is 5.06 Å². The predicted octanol–water partition coefficient (Wildman–Crippen LogP) is 2.92. The smallest absolute Gasteiger partial charge is 0.167 e. The second kappa shape index (κ2) is 5.34. The third-order valence-electron chi connectivity index (χ3n) is 3.41. The molecule has 0 N–H and O–H groups in total. The molecule has 1 aromatic carbocycles. The first-order valence-electron chi connectivity index (χ1n) is 6.50.